The molecule has 1 heterocycles. The van der Waals surface area contributed by atoms with E-state index in [2.05, 4.69) is 5.32 Å². The number of hydrogen-bond acceptors (Lipinski definition) is 8. The highest BCUT2D eigenvalue weighted by atomic mass is 16.5. The largest absolute Gasteiger partial charge is 0.493 e. The van der Waals surface area contributed by atoms with Crippen molar-refractivity contribution in [3.05, 3.63) is 47.5 Å². The first-order valence-corrected chi connectivity index (χ1v) is 9.93. The van der Waals surface area contributed by atoms with E-state index in [1.54, 1.807) is 36.4 Å². The van der Waals surface area contributed by atoms with Crippen LogP contribution in [0.15, 0.2) is 36.4 Å². The maximum atomic E-state index is 12.8. The number of ether oxygens (including phenoxy) is 4. The molecule has 1 aliphatic rings. The Labute approximate surface area is 190 Å². The fraction of sp³-hybridized carbons (Fsp3) is 0.304. The molecule has 2 aromatic carbocycles. The number of likely N-dealkylation sites (tertiary alicyclic amines) is 1. The molecule has 1 fully saturated rings. The average Bonchev–Trinajstić information content (AvgIpc) is 3.05. The van der Waals surface area contributed by atoms with E-state index >= 15 is 0 Å². The zero-order valence-electron chi connectivity index (χ0n) is 18.7. The highest BCUT2D eigenvalue weighted by Gasteiger charge is 2.50. The fourth-order valence-electron chi connectivity index (χ4n) is 3.45. The summed E-state index contributed by atoms with van der Waals surface area (Å²) in [7, 11) is 5.92. The summed E-state index contributed by atoms with van der Waals surface area (Å²) >= 11 is 0. The molecule has 0 unspecified atom stereocenters. The number of nitrogens with one attached hydrogen (secondary N) is 1. The number of benzene rings is 2. The number of hydrogen-bond donors (Lipinski definition) is 1. The molecule has 0 aliphatic carbocycles. The zero-order chi connectivity index (χ0) is 24.1. The first-order valence-electron chi connectivity index (χ1n) is 9.93. The van der Waals surface area contributed by atoms with Crippen molar-refractivity contribution in [3.8, 4) is 23.0 Å². The Morgan fingerprint density at radius 3 is 1.88 bits per heavy atom. The van der Waals surface area contributed by atoms with Crippen molar-refractivity contribution in [2.45, 2.75) is 13.1 Å². The van der Waals surface area contributed by atoms with Crippen LogP contribution in [0.25, 0.3) is 0 Å². The van der Waals surface area contributed by atoms with Crippen LogP contribution in [-0.4, -0.2) is 56.8 Å². The summed E-state index contributed by atoms with van der Waals surface area (Å²) in [5, 5.41) is 2.54. The molecule has 33 heavy (non-hydrogen) atoms. The average molecular weight is 456 g/mol. The summed E-state index contributed by atoms with van der Waals surface area (Å²) in [5.41, 5.74) is 1.20. The quantitative estimate of drug-likeness (QED) is 0.338. The number of rotatable bonds is 9. The summed E-state index contributed by atoms with van der Waals surface area (Å²) in [6.45, 7) is -0.149. The molecule has 3 amide bonds. The molecular weight excluding hydrogens is 432 g/mol. The van der Waals surface area contributed by atoms with Crippen molar-refractivity contribution < 1.29 is 38.1 Å². The van der Waals surface area contributed by atoms with Crippen LogP contribution in [0.4, 0.5) is 0 Å². The molecule has 0 aromatic heterocycles. The van der Waals surface area contributed by atoms with Gasteiger partial charge in [-0.1, -0.05) is 12.1 Å². The minimum absolute atomic E-state index is 0.0279. The van der Waals surface area contributed by atoms with Gasteiger partial charge in [0.15, 0.2) is 28.9 Å². The van der Waals surface area contributed by atoms with Crippen LogP contribution in [0.2, 0.25) is 0 Å². The van der Waals surface area contributed by atoms with Crippen LogP contribution < -0.4 is 24.3 Å². The summed E-state index contributed by atoms with van der Waals surface area (Å²) in [4.78, 5) is 51.0. The van der Waals surface area contributed by atoms with Gasteiger partial charge in [0.05, 0.1) is 35.0 Å². The Balaban J connectivity index is 1.70. The highest BCUT2D eigenvalue weighted by Crippen LogP contribution is 2.30. The van der Waals surface area contributed by atoms with Gasteiger partial charge in [0.2, 0.25) is 11.7 Å². The molecule has 10 nitrogen and oxygen atoms in total. The maximum absolute atomic E-state index is 12.8. The second kappa shape index (κ2) is 10.0. The third kappa shape index (κ3) is 4.74. The number of carbonyl (C=O) groups is 4. The van der Waals surface area contributed by atoms with E-state index in [4.69, 9.17) is 18.9 Å². The predicted octanol–water partition coefficient (Wildman–Crippen LogP) is 1.09. The van der Waals surface area contributed by atoms with Crippen LogP contribution in [0, 0.1) is 5.92 Å². The van der Waals surface area contributed by atoms with Gasteiger partial charge >= 0.3 is 0 Å². The molecule has 1 atom stereocenters. The predicted molar refractivity (Wildman–Crippen MR) is 115 cm³/mol. The smallest absolute Gasteiger partial charge is 0.298 e. The molecule has 10 heteroatoms. The topological polar surface area (TPSA) is 120 Å². The van der Waals surface area contributed by atoms with Gasteiger partial charge in [-0.3, -0.25) is 24.1 Å². The van der Waals surface area contributed by atoms with Crippen molar-refractivity contribution in [2.24, 2.45) is 5.92 Å². The Morgan fingerprint density at radius 1 is 0.818 bits per heavy atom. The molecular formula is C23H24N2O8. The van der Waals surface area contributed by atoms with Crippen molar-refractivity contribution in [1.82, 2.24) is 10.2 Å². The van der Waals surface area contributed by atoms with Gasteiger partial charge in [0.1, 0.15) is 0 Å². The minimum atomic E-state index is -1.72. The summed E-state index contributed by atoms with van der Waals surface area (Å²) in [5.74, 6) is -3.66. The molecule has 1 saturated heterocycles. The molecule has 2 aromatic rings. The summed E-state index contributed by atoms with van der Waals surface area (Å²) in [6, 6.07) is 9.88. The Morgan fingerprint density at radius 2 is 1.33 bits per heavy atom. The summed E-state index contributed by atoms with van der Waals surface area (Å²) < 4.78 is 20.8. The first kappa shape index (κ1) is 23.6. The van der Waals surface area contributed by atoms with E-state index in [0.717, 1.165) is 4.90 Å². The standard InChI is InChI=1S/C23H24N2O8/c1-30-15-7-5-13(9-17(15)32-3)11-24-21(27)19-20(26)23(29)25(22(19)28)12-14-6-8-16(31-2)18(10-14)33-4/h5-10,19H,11-12H2,1-4H3,(H,24,27)/t19-/m1/s1. The van der Waals surface area contributed by atoms with Gasteiger partial charge < -0.3 is 24.3 Å². The maximum Gasteiger partial charge on any atom is 0.298 e. The minimum Gasteiger partial charge on any atom is -0.493 e. The monoisotopic (exact) mass is 456 g/mol. The number of Topliss-reactive ketones (excluding diaryl/α,β-unsaturated/α-hetero) is 1. The van der Waals surface area contributed by atoms with E-state index in [-0.39, 0.29) is 13.1 Å². The fourth-order valence-corrected chi connectivity index (χ4v) is 3.45. The molecule has 1 N–H and O–H groups in total. The zero-order valence-corrected chi connectivity index (χ0v) is 18.7. The van der Waals surface area contributed by atoms with Gasteiger partial charge in [-0.15, -0.1) is 0 Å². The number of imide groups is 1. The van der Waals surface area contributed by atoms with E-state index in [0.29, 0.717) is 34.1 Å². The second-order valence-electron chi connectivity index (χ2n) is 7.12. The molecule has 1 aliphatic heterocycles. The van der Waals surface area contributed by atoms with Crippen molar-refractivity contribution in [2.75, 3.05) is 28.4 Å². The van der Waals surface area contributed by atoms with Crippen molar-refractivity contribution in [3.63, 3.8) is 0 Å². The second-order valence-corrected chi connectivity index (χ2v) is 7.12. The molecule has 0 saturated carbocycles. The number of amides is 3. The van der Waals surface area contributed by atoms with Crippen LogP contribution in [0.3, 0.4) is 0 Å². The third-order valence-electron chi connectivity index (χ3n) is 5.20. The van der Waals surface area contributed by atoms with Crippen LogP contribution in [0.1, 0.15) is 11.1 Å². The molecule has 0 spiro atoms. The van der Waals surface area contributed by atoms with Crippen LogP contribution in [0.5, 0.6) is 23.0 Å². The van der Waals surface area contributed by atoms with Crippen LogP contribution >= 0.6 is 0 Å². The van der Waals surface area contributed by atoms with E-state index in [1.807, 2.05) is 0 Å². The van der Waals surface area contributed by atoms with Gasteiger partial charge in [-0.25, -0.2) is 0 Å². The third-order valence-corrected chi connectivity index (χ3v) is 5.20. The molecule has 0 radical (unpaired) electrons. The number of nitrogens with zero attached hydrogens (tertiary/aromatic N) is 1. The molecule has 3 rings (SSSR count). The first-order chi connectivity index (χ1) is 15.8. The Hall–Kier alpha value is -4.08. The van der Waals surface area contributed by atoms with Gasteiger partial charge in [0, 0.05) is 6.54 Å². The van der Waals surface area contributed by atoms with Crippen LogP contribution in [-0.2, 0) is 32.3 Å². The van der Waals surface area contributed by atoms with Crippen molar-refractivity contribution >= 4 is 23.5 Å². The van der Waals surface area contributed by atoms with E-state index in [1.165, 1.54) is 28.4 Å². The lowest BCUT2D eigenvalue weighted by Gasteiger charge is -2.15. The number of methoxy groups -OCH3 is 4. The highest BCUT2D eigenvalue weighted by molar-refractivity contribution is 6.52. The Kier molecular flexibility index (Phi) is 7.17. The van der Waals surface area contributed by atoms with E-state index < -0.39 is 29.4 Å². The lowest BCUT2D eigenvalue weighted by molar-refractivity contribution is -0.143. The SMILES string of the molecule is COc1ccc(CNC(=O)[C@H]2C(=O)C(=O)N(Cc3ccc(OC)c(OC)c3)C2=O)cc1OC. The normalized spacial score (nSPS) is 15.5. The lowest BCUT2D eigenvalue weighted by atomic mass is 10.1. The Bertz CT molecular complexity index is 1100. The number of carbonyl (C=O) groups excluding carboxylic acids is 4. The van der Waals surface area contributed by atoms with Crippen molar-refractivity contribution in [1.29, 1.82) is 0 Å². The van der Waals surface area contributed by atoms with Gasteiger partial charge in [-0.05, 0) is 35.4 Å². The van der Waals surface area contributed by atoms with E-state index in [9.17, 15) is 19.2 Å². The lowest BCUT2D eigenvalue weighted by Crippen LogP contribution is -2.38. The molecule has 174 valence electrons. The summed E-state index contributed by atoms with van der Waals surface area (Å²) in [6.07, 6.45) is 0. The molecule has 0 bridgehead atoms. The van der Waals surface area contributed by atoms with Gasteiger partial charge in [0.25, 0.3) is 11.8 Å². The number of ketones is 1. The van der Waals surface area contributed by atoms with Gasteiger partial charge in [-0.2, -0.15) is 0 Å².